The minimum atomic E-state index is -2.09. The molecule has 0 aliphatic carbocycles. The van der Waals surface area contributed by atoms with Crippen LogP contribution in [0.2, 0.25) is 0 Å². The van der Waals surface area contributed by atoms with Crippen LogP contribution in [-0.2, 0) is 10.8 Å². The van der Waals surface area contributed by atoms with Gasteiger partial charge in [0.05, 0.1) is 5.88 Å². The maximum Gasteiger partial charge on any atom is 0.285 e. The highest BCUT2D eigenvalue weighted by molar-refractivity contribution is 8.03. The van der Waals surface area contributed by atoms with Crippen LogP contribution in [0, 0.1) is 10.8 Å². The molecule has 1 aromatic carbocycles. The van der Waals surface area contributed by atoms with Crippen molar-refractivity contribution in [3.8, 4) is 0 Å². The first-order valence-corrected chi connectivity index (χ1v) is 7.88. The van der Waals surface area contributed by atoms with Crippen LogP contribution < -0.4 is 9.32 Å². The van der Waals surface area contributed by atoms with Gasteiger partial charge in [0, 0.05) is 27.9 Å². The second kappa shape index (κ2) is 7.17. The van der Waals surface area contributed by atoms with E-state index in [2.05, 4.69) is 28.2 Å². The Labute approximate surface area is 120 Å². The average molecular weight is 302 g/mol. The zero-order chi connectivity index (χ0) is 13.7. The topological polar surface area (TPSA) is 58.6 Å². The van der Waals surface area contributed by atoms with Crippen LogP contribution in [-0.4, -0.2) is 17.4 Å². The van der Waals surface area contributed by atoms with Crippen molar-refractivity contribution in [3.63, 3.8) is 0 Å². The maximum absolute atomic E-state index is 10.3. The predicted octanol–water partition coefficient (Wildman–Crippen LogP) is 0.917. The molecule has 0 saturated heterocycles. The number of hydrogen-bond donors (Lipinski definition) is 0. The van der Waals surface area contributed by atoms with Crippen molar-refractivity contribution in [1.82, 2.24) is 4.90 Å². The lowest BCUT2D eigenvalue weighted by atomic mass is 10.2. The van der Waals surface area contributed by atoms with Crippen LogP contribution in [0.1, 0.15) is 18.9 Å². The summed E-state index contributed by atoms with van der Waals surface area (Å²) in [7, 11) is -2.09. The van der Waals surface area contributed by atoms with Crippen LogP contribution in [0.3, 0.4) is 0 Å². The van der Waals surface area contributed by atoms with E-state index in [4.69, 9.17) is 0 Å². The highest BCUT2D eigenvalue weighted by Crippen LogP contribution is 2.34. The first-order valence-electron chi connectivity index (χ1n) is 5.97. The first-order chi connectivity index (χ1) is 9.16. The molecule has 6 heteroatoms. The quantitative estimate of drug-likeness (QED) is 0.782. The lowest BCUT2D eigenvalue weighted by molar-refractivity contribution is -1.63. The fourth-order valence-electron chi connectivity index (χ4n) is 1.95. The van der Waals surface area contributed by atoms with E-state index in [0.29, 0.717) is 6.42 Å². The fourth-order valence-corrected chi connectivity index (χ4v) is 3.31. The Hall–Kier alpha value is -0.720. The molecule has 0 unspecified atom stereocenters. The van der Waals surface area contributed by atoms with E-state index in [9.17, 15) is 9.32 Å². The van der Waals surface area contributed by atoms with E-state index < -0.39 is 10.8 Å². The normalized spacial score (nSPS) is 15.7. The molecule has 0 fully saturated rings. The molecule has 1 aliphatic heterocycles. The van der Waals surface area contributed by atoms with Gasteiger partial charge < -0.3 is 14.2 Å². The van der Waals surface area contributed by atoms with E-state index in [1.807, 2.05) is 18.2 Å². The van der Waals surface area contributed by atoms with Gasteiger partial charge in [-0.3, -0.25) is 0 Å². The van der Waals surface area contributed by atoms with Crippen molar-refractivity contribution in [2.45, 2.75) is 19.9 Å². The predicted molar refractivity (Wildman–Crippen MR) is 67.7 cm³/mol. The molecule has 0 N–H and O–H groups in total. The van der Waals surface area contributed by atoms with Gasteiger partial charge in [0.25, 0.3) is 10.8 Å². The molecule has 19 heavy (non-hydrogen) atoms. The summed E-state index contributed by atoms with van der Waals surface area (Å²) in [5.41, 5.74) is 2.49. The van der Waals surface area contributed by atoms with Gasteiger partial charge in [0.15, 0.2) is 6.61 Å². The van der Waals surface area contributed by atoms with E-state index in [0.717, 1.165) is 12.4 Å². The summed E-state index contributed by atoms with van der Waals surface area (Å²) in [5, 5.41) is 0. The number of halogens is 1. The Morgan fingerprint density at radius 2 is 2.05 bits per heavy atom. The van der Waals surface area contributed by atoms with Gasteiger partial charge in [-0.25, -0.2) is 0 Å². The second-order valence-electron chi connectivity index (χ2n) is 4.22. The number of hydrogen-bond acceptors (Lipinski definition) is 5. The number of rotatable bonds is 6. The van der Waals surface area contributed by atoms with Crippen LogP contribution in [0.5, 0.6) is 0 Å². The third-order valence-electron chi connectivity index (χ3n) is 2.98. The largest absolute Gasteiger partial charge is 0.360 e. The van der Waals surface area contributed by atoms with Gasteiger partial charge in [0.2, 0.25) is 0 Å². The Bertz CT molecular complexity index is 439. The van der Waals surface area contributed by atoms with E-state index in [1.165, 1.54) is 16.2 Å². The smallest absolute Gasteiger partial charge is 0.285 e. The Kier molecular flexibility index (Phi) is 5.54. The molecule has 0 aromatic heterocycles. The molecule has 0 bridgehead atoms. The van der Waals surface area contributed by atoms with Crippen molar-refractivity contribution >= 4 is 11.8 Å². The Balaban J connectivity index is 1.89. The molecule has 1 heterocycles. The molecule has 4 nitrogen and oxygen atoms in total. The summed E-state index contributed by atoms with van der Waals surface area (Å²) in [5.74, 6) is 0.910. The summed E-state index contributed by atoms with van der Waals surface area (Å²) >= 11 is 1.75. The summed E-state index contributed by atoms with van der Waals surface area (Å²) in [6.07, 6.45) is 0.639. The van der Waals surface area contributed by atoms with E-state index >= 15 is 0 Å². The average Bonchev–Trinajstić information content (AvgIpc) is 2.72. The zero-order valence-corrected chi connectivity index (χ0v) is 12.2. The van der Waals surface area contributed by atoms with Crippen LogP contribution in [0.4, 0.5) is 0 Å². The van der Waals surface area contributed by atoms with Crippen molar-refractivity contribution in [1.29, 1.82) is 0 Å². The molecular formula is C13H16ClNO3S. The van der Waals surface area contributed by atoms with Crippen molar-refractivity contribution < 1.29 is 24.4 Å². The van der Waals surface area contributed by atoms with Gasteiger partial charge in [0.1, 0.15) is 0 Å². The standard InChI is InChI=1S/C13H16ClNO3S/c1-11-13(7-8-18-14(16)17)19-10-15(11)9-12-5-3-2-4-6-12/h2-6H,7-10H2,1H3. The SMILES string of the molecule is CC1=C(CCO[Cl+2]([O-])[O-])SCN1Cc1ccccc1. The van der Waals surface area contributed by atoms with Gasteiger partial charge in [-0.1, -0.05) is 30.3 Å². The molecule has 0 atom stereocenters. The van der Waals surface area contributed by atoms with Gasteiger partial charge in [-0.15, -0.1) is 11.8 Å². The molecule has 0 spiro atoms. The van der Waals surface area contributed by atoms with Gasteiger partial charge in [-0.2, -0.15) is 0 Å². The lowest BCUT2D eigenvalue weighted by Gasteiger charge is -2.19. The Morgan fingerprint density at radius 1 is 1.32 bits per heavy atom. The highest BCUT2D eigenvalue weighted by Gasteiger charge is 2.20. The maximum atomic E-state index is 10.3. The third kappa shape index (κ3) is 4.40. The van der Waals surface area contributed by atoms with Crippen molar-refractivity contribution in [2.75, 3.05) is 12.5 Å². The molecule has 104 valence electrons. The first kappa shape index (κ1) is 14.7. The summed E-state index contributed by atoms with van der Waals surface area (Å²) < 4.78 is 25.1. The molecule has 2 rings (SSSR count). The lowest BCUT2D eigenvalue weighted by Crippen LogP contribution is -2.34. The Morgan fingerprint density at radius 3 is 2.74 bits per heavy atom. The summed E-state index contributed by atoms with van der Waals surface area (Å²) in [6, 6.07) is 10.3. The molecule has 0 radical (unpaired) electrons. The number of thioether (sulfide) groups is 1. The summed E-state index contributed by atoms with van der Waals surface area (Å²) in [4.78, 5) is 3.50. The van der Waals surface area contributed by atoms with E-state index in [-0.39, 0.29) is 6.61 Å². The number of benzene rings is 1. The molecule has 0 saturated carbocycles. The van der Waals surface area contributed by atoms with Gasteiger partial charge >= 0.3 is 0 Å². The minimum Gasteiger partial charge on any atom is -0.360 e. The summed E-state index contributed by atoms with van der Waals surface area (Å²) in [6.45, 7) is 3.16. The van der Waals surface area contributed by atoms with Crippen molar-refractivity contribution in [2.24, 2.45) is 0 Å². The van der Waals surface area contributed by atoms with E-state index in [1.54, 1.807) is 11.8 Å². The molecular weight excluding hydrogens is 286 g/mol. The zero-order valence-electron chi connectivity index (χ0n) is 10.7. The third-order valence-corrected chi connectivity index (χ3v) is 4.61. The molecule has 1 aliphatic rings. The van der Waals surface area contributed by atoms with Gasteiger partial charge in [-0.05, 0) is 12.5 Å². The van der Waals surface area contributed by atoms with Crippen molar-refractivity contribution in [3.05, 3.63) is 46.5 Å². The van der Waals surface area contributed by atoms with Crippen LogP contribution in [0.15, 0.2) is 40.9 Å². The van der Waals surface area contributed by atoms with Crippen LogP contribution in [0.25, 0.3) is 0 Å². The number of allylic oxidation sites excluding steroid dienone is 1. The fraction of sp³-hybridized carbons (Fsp3) is 0.385. The minimum absolute atomic E-state index is 0.201. The molecule has 0 amide bonds. The van der Waals surface area contributed by atoms with Crippen LogP contribution >= 0.6 is 11.8 Å². The second-order valence-corrected chi connectivity index (χ2v) is 5.85. The monoisotopic (exact) mass is 301 g/mol. The molecule has 1 aromatic rings. The number of nitrogens with zero attached hydrogens (tertiary/aromatic N) is 1. The highest BCUT2D eigenvalue weighted by atomic mass is 35.6.